The Morgan fingerprint density at radius 2 is 1.77 bits per heavy atom. The highest BCUT2D eigenvalue weighted by atomic mass is 16.5. The van der Waals surface area contributed by atoms with Gasteiger partial charge in [0.25, 0.3) is 0 Å². The number of likely N-dealkylation sites (tertiary alicyclic amines) is 1. The van der Waals surface area contributed by atoms with Crippen LogP contribution in [0.4, 0.5) is 5.69 Å². The van der Waals surface area contributed by atoms with Gasteiger partial charge in [0.2, 0.25) is 5.91 Å². The van der Waals surface area contributed by atoms with Gasteiger partial charge in [-0.3, -0.25) is 14.7 Å². The summed E-state index contributed by atoms with van der Waals surface area (Å²) in [6.45, 7) is 5.59. The van der Waals surface area contributed by atoms with Gasteiger partial charge in [-0.2, -0.15) is 5.10 Å². The standard InChI is InChI=1S/C27H34N4O4/c1-3-35-27(33)24-17-25(31(29-24)22-7-5-4-6-8-22)26(32)28-18-20-13-15-30(16-14-20)19-21-9-11-23(34-2)12-10-21/h4-12,20,25H,3,13-19H2,1-2H3,(H,28,32). The summed E-state index contributed by atoms with van der Waals surface area (Å²) < 4.78 is 10.4. The van der Waals surface area contributed by atoms with Crippen molar-refractivity contribution in [1.29, 1.82) is 0 Å². The number of hydrazone groups is 1. The Kier molecular flexibility index (Phi) is 8.36. The van der Waals surface area contributed by atoms with Crippen molar-refractivity contribution in [3.63, 3.8) is 0 Å². The number of hydrogen-bond donors (Lipinski definition) is 1. The molecule has 0 aliphatic carbocycles. The van der Waals surface area contributed by atoms with Gasteiger partial charge in [0, 0.05) is 19.5 Å². The highest BCUT2D eigenvalue weighted by Crippen LogP contribution is 2.25. The third kappa shape index (κ3) is 6.39. The molecule has 1 N–H and O–H groups in total. The first kappa shape index (κ1) is 24.7. The predicted molar refractivity (Wildman–Crippen MR) is 135 cm³/mol. The van der Waals surface area contributed by atoms with Gasteiger partial charge in [-0.15, -0.1) is 0 Å². The zero-order valence-electron chi connectivity index (χ0n) is 20.5. The Balaban J connectivity index is 1.28. The van der Waals surface area contributed by atoms with E-state index in [2.05, 4.69) is 27.5 Å². The fourth-order valence-corrected chi connectivity index (χ4v) is 4.57. The first-order valence-electron chi connectivity index (χ1n) is 12.3. The topological polar surface area (TPSA) is 83.5 Å². The molecule has 1 amide bonds. The quantitative estimate of drug-likeness (QED) is 0.557. The van der Waals surface area contributed by atoms with Crippen LogP contribution in [0.25, 0.3) is 0 Å². The molecule has 2 aromatic carbocycles. The predicted octanol–water partition coefficient (Wildman–Crippen LogP) is 3.22. The number of anilines is 1. The molecule has 1 saturated heterocycles. The van der Waals surface area contributed by atoms with Gasteiger partial charge in [0.15, 0.2) is 0 Å². The molecule has 4 rings (SSSR count). The van der Waals surface area contributed by atoms with Crippen LogP contribution in [-0.2, 0) is 20.9 Å². The minimum atomic E-state index is -0.563. The fraction of sp³-hybridized carbons (Fsp3) is 0.444. The number of nitrogens with zero attached hydrogens (tertiary/aromatic N) is 3. The number of esters is 1. The van der Waals surface area contributed by atoms with Crippen molar-refractivity contribution in [3.8, 4) is 5.75 Å². The molecule has 0 bridgehead atoms. The summed E-state index contributed by atoms with van der Waals surface area (Å²) in [5.74, 6) is 0.727. The van der Waals surface area contributed by atoms with E-state index in [0.717, 1.165) is 43.9 Å². The summed E-state index contributed by atoms with van der Waals surface area (Å²) in [5.41, 5.74) is 2.33. The second-order valence-corrected chi connectivity index (χ2v) is 8.98. The van der Waals surface area contributed by atoms with Gasteiger partial charge in [-0.25, -0.2) is 4.79 Å². The van der Waals surface area contributed by atoms with Crippen LogP contribution in [0.3, 0.4) is 0 Å². The van der Waals surface area contributed by atoms with Crippen LogP contribution < -0.4 is 15.1 Å². The van der Waals surface area contributed by atoms with Crippen LogP contribution >= 0.6 is 0 Å². The molecule has 2 heterocycles. The molecule has 0 radical (unpaired) electrons. The maximum Gasteiger partial charge on any atom is 0.354 e. The number of nitrogens with one attached hydrogen (secondary N) is 1. The third-order valence-corrected chi connectivity index (χ3v) is 6.58. The molecule has 0 saturated carbocycles. The second-order valence-electron chi connectivity index (χ2n) is 8.98. The van der Waals surface area contributed by atoms with E-state index in [9.17, 15) is 9.59 Å². The van der Waals surface area contributed by atoms with Crippen LogP contribution in [0, 0.1) is 5.92 Å². The zero-order chi connectivity index (χ0) is 24.6. The van der Waals surface area contributed by atoms with Gasteiger partial charge in [-0.05, 0) is 68.6 Å². The third-order valence-electron chi connectivity index (χ3n) is 6.58. The number of carbonyl (C=O) groups excluding carboxylic acids is 2. The van der Waals surface area contributed by atoms with Crippen molar-refractivity contribution in [1.82, 2.24) is 10.2 Å². The number of ether oxygens (including phenoxy) is 2. The fourth-order valence-electron chi connectivity index (χ4n) is 4.57. The highest BCUT2D eigenvalue weighted by molar-refractivity contribution is 6.38. The van der Waals surface area contributed by atoms with Gasteiger partial charge in [-0.1, -0.05) is 30.3 Å². The highest BCUT2D eigenvalue weighted by Gasteiger charge is 2.37. The number of benzene rings is 2. The Labute approximate surface area is 206 Å². The molecule has 0 aromatic heterocycles. The monoisotopic (exact) mass is 478 g/mol. The molecular formula is C27H34N4O4. The molecule has 2 aliphatic heterocycles. The molecule has 35 heavy (non-hydrogen) atoms. The number of amides is 1. The largest absolute Gasteiger partial charge is 0.497 e. The SMILES string of the molecule is CCOC(=O)C1=NN(c2ccccc2)C(C(=O)NCC2CCN(Cc3ccc(OC)cc3)CC2)C1. The van der Waals surface area contributed by atoms with Crippen molar-refractivity contribution < 1.29 is 19.1 Å². The molecule has 2 aliphatic rings. The Morgan fingerprint density at radius 3 is 2.43 bits per heavy atom. The maximum atomic E-state index is 13.2. The number of piperidine rings is 1. The average Bonchev–Trinajstić information content (AvgIpc) is 3.35. The molecule has 8 nitrogen and oxygen atoms in total. The summed E-state index contributed by atoms with van der Waals surface area (Å²) in [4.78, 5) is 27.9. The lowest BCUT2D eigenvalue weighted by Crippen LogP contribution is -2.45. The van der Waals surface area contributed by atoms with Crippen LogP contribution in [0.2, 0.25) is 0 Å². The van der Waals surface area contributed by atoms with Crippen molar-refractivity contribution in [2.45, 2.75) is 38.8 Å². The van der Waals surface area contributed by atoms with Gasteiger partial charge in [0.05, 0.1) is 19.4 Å². The van der Waals surface area contributed by atoms with Crippen molar-refractivity contribution >= 4 is 23.3 Å². The van der Waals surface area contributed by atoms with Gasteiger partial charge < -0.3 is 14.8 Å². The van der Waals surface area contributed by atoms with E-state index in [1.54, 1.807) is 19.0 Å². The van der Waals surface area contributed by atoms with E-state index in [0.29, 0.717) is 12.5 Å². The number of methoxy groups -OCH3 is 1. The van der Waals surface area contributed by atoms with Crippen LogP contribution in [0.15, 0.2) is 59.7 Å². The number of carbonyl (C=O) groups is 2. The second kappa shape index (κ2) is 11.8. The summed E-state index contributed by atoms with van der Waals surface area (Å²) in [6.07, 6.45) is 2.31. The molecule has 186 valence electrons. The average molecular weight is 479 g/mol. The molecule has 2 aromatic rings. The van der Waals surface area contributed by atoms with E-state index in [4.69, 9.17) is 9.47 Å². The Hall–Kier alpha value is -3.39. The Bertz CT molecular complexity index is 1020. The normalized spacial score (nSPS) is 18.7. The van der Waals surface area contributed by atoms with Crippen molar-refractivity contribution in [2.75, 3.05) is 38.4 Å². The minimum Gasteiger partial charge on any atom is -0.497 e. The molecule has 1 fully saturated rings. The molecule has 8 heteroatoms. The minimum absolute atomic E-state index is 0.113. The van der Waals surface area contributed by atoms with E-state index in [1.807, 2.05) is 42.5 Å². The smallest absolute Gasteiger partial charge is 0.354 e. The zero-order valence-corrected chi connectivity index (χ0v) is 20.5. The van der Waals surface area contributed by atoms with E-state index < -0.39 is 12.0 Å². The van der Waals surface area contributed by atoms with Gasteiger partial charge in [0.1, 0.15) is 17.5 Å². The number of rotatable bonds is 9. The lowest BCUT2D eigenvalue weighted by atomic mass is 9.96. The van der Waals surface area contributed by atoms with E-state index in [1.165, 1.54) is 5.56 Å². The first-order valence-corrected chi connectivity index (χ1v) is 12.3. The summed E-state index contributed by atoms with van der Waals surface area (Å²) in [6, 6.07) is 17.1. The molecule has 0 spiro atoms. The summed E-state index contributed by atoms with van der Waals surface area (Å²) in [7, 11) is 1.68. The van der Waals surface area contributed by atoms with Crippen molar-refractivity contribution in [2.24, 2.45) is 11.0 Å². The van der Waals surface area contributed by atoms with Crippen molar-refractivity contribution in [3.05, 3.63) is 60.2 Å². The van der Waals surface area contributed by atoms with Crippen LogP contribution in [0.5, 0.6) is 5.75 Å². The lowest BCUT2D eigenvalue weighted by molar-refractivity contribution is -0.135. The summed E-state index contributed by atoms with van der Waals surface area (Å²) in [5, 5.41) is 9.20. The summed E-state index contributed by atoms with van der Waals surface area (Å²) >= 11 is 0. The number of para-hydroxylation sites is 1. The Morgan fingerprint density at radius 1 is 1.06 bits per heavy atom. The molecular weight excluding hydrogens is 444 g/mol. The van der Waals surface area contributed by atoms with E-state index in [-0.39, 0.29) is 24.6 Å². The number of hydrogen-bond acceptors (Lipinski definition) is 7. The van der Waals surface area contributed by atoms with E-state index >= 15 is 0 Å². The molecule has 1 atom stereocenters. The lowest BCUT2D eigenvalue weighted by Gasteiger charge is -2.32. The molecule has 1 unspecified atom stereocenters. The maximum absolute atomic E-state index is 13.2. The van der Waals surface area contributed by atoms with Crippen LogP contribution in [-0.4, -0.2) is 61.9 Å². The van der Waals surface area contributed by atoms with Crippen LogP contribution in [0.1, 0.15) is 31.7 Å². The van der Waals surface area contributed by atoms with Gasteiger partial charge >= 0.3 is 5.97 Å². The first-order chi connectivity index (χ1) is 17.1.